The van der Waals surface area contributed by atoms with E-state index in [1.54, 1.807) is 7.11 Å². The van der Waals surface area contributed by atoms with Crippen LogP contribution in [0.4, 0.5) is 0 Å². The molecule has 5 nitrogen and oxygen atoms in total. The van der Waals surface area contributed by atoms with Crippen LogP contribution in [0, 0.1) is 5.92 Å². The number of hydrogen-bond donors (Lipinski definition) is 2. The second kappa shape index (κ2) is 6.75. The van der Waals surface area contributed by atoms with Gasteiger partial charge < -0.3 is 10.1 Å². The van der Waals surface area contributed by atoms with Crippen LogP contribution in [0.15, 0.2) is 30.3 Å². The quantitative estimate of drug-likeness (QED) is 0.887. The number of nitrogens with one attached hydrogen (secondary N) is 2. The molecule has 0 saturated heterocycles. The summed E-state index contributed by atoms with van der Waals surface area (Å²) in [4.78, 5) is 12.3. The number of methoxy groups -OCH3 is 1. The molecule has 1 aliphatic rings. The van der Waals surface area contributed by atoms with E-state index in [0.717, 1.165) is 30.7 Å². The number of hydrogen-bond acceptors (Lipinski definition) is 3. The smallest absolute Gasteiger partial charge is 0.223 e. The van der Waals surface area contributed by atoms with E-state index in [1.807, 2.05) is 12.1 Å². The van der Waals surface area contributed by atoms with Crippen molar-refractivity contribution < 1.29 is 9.53 Å². The topological polar surface area (TPSA) is 67.0 Å². The Hall–Kier alpha value is -2.14. The van der Waals surface area contributed by atoms with Crippen LogP contribution >= 0.6 is 0 Å². The first-order chi connectivity index (χ1) is 10.8. The van der Waals surface area contributed by atoms with Gasteiger partial charge in [0.1, 0.15) is 0 Å². The summed E-state index contributed by atoms with van der Waals surface area (Å²) in [5.74, 6) is 0.189. The summed E-state index contributed by atoms with van der Waals surface area (Å²) >= 11 is 0. The molecule has 0 radical (unpaired) electrons. The lowest BCUT2D eigenvalue weighted by Crippen LogP contribution is -2.33. The molecule has 1 aliphatic carbocycles. The third-order valence-corrected chi connectivity index (χ3v) is 4.15. The molecule has 1 atom stereocenters. The summed E-state index contributed by atoms with van der Waals surface area (Å²) in [6.07, 6.45) is 2.73. The zero-order valence-electron chi connectivity index (χ0n) is 12.8. The molecule has 0 aliphatic heterocycles. The van der Waals surface area contributed by atoms with E-state index in [1.165, 1.54) is 11.1 Å². The zero-order valence-corrected chi connectivity index (χ0v) is 12.8. The van der Waals surface area contributed by atoms with Crippen molar-refractivity contribution >= 4 is 5.91 Å². The van der Waals surface area contributed by atoms with Gasteiger partial charge >= 0.3 is 0 Å². The lowest BCUT2D eigenvalue weighted by molar-refractivity contribution is -0.125. The van der Waals surface area contributed by atoms with E-state index in [0.29, 0.717) is 13.2 Å². The Balaban J connectivity index is 1.54. The van der Waals surface area contributed by atoms with Crippen molar-refractivity contribution in [2.45, 2.75) is 32.4 Å². The van der Waals surface area contributed by atoms with E-state index < -0.39 is 0 Å². The standard InChI is InChI=1S/C17H21N3O2/c1-22-11-16-9-15(19-20-16)10-18-17(21)14-7-6-12-4-2-3-5-13(12)8-14/h2-5,9,14H,6-8,10-11H2,1H3,(H,18,21)(H,19,20)/t14-/m1/s1. The molecule has 0 spiro atoms. The average molecular weight is 299 g/mol. The predicted octanol–water partition coefficient (Wildman–Crippen LogP) is 1.98. The molecule has 22 heavy (non-hydrogen) atoms. The maximum absolute atomic E-state index is 12.3. The molecule has 1 heterocycles. The van der Waals surface area contributed by atoms with Gasteiger partial charge in [-0.1, -0.05) is 24.3 Å². The number of amides is 1. The van der Waals surface area contributed by atoms with Gasteiger partial charge in [0.25, 0.3) is 0 Å². The molecular weight excluding hydrogens is 278 g/mol. The Labute approximate surface area is 130 Å². The minimum absolute atomic E-state index is 0.0660. The molecule has 2 aromatic rings. The molecule has 1 aromatic carbocycles. The largest absolute Gasteiger partial charge is 0.378 e. The second-order valence-corrected chi connectivity index (χ2v) is 5.74. The van der Waals surface area contributed by atoms with Crippen molar-refractivity contribution in [1.29, 1.82) is 0 Å². The van der Waals surface area contributed by atoms with Gasteiger partial charge in [-0.25, -0.2) is 0 Å². The Bertz CT molecular complexity index is 651. The number of aromatic amines is 1. The third-order valence-electron chi connectivity index (χ3n) is 4.15. The van der Waals surface area contributed by atoms with Crippen molar-refractivity contribution in [2.75, 3.05) is 7.11 Å². The third kappa shape index (κ3) is 3.36. The maximum Gasteiger partial charge on any atom is 0.223 e. The number of fused-ring (bicyclic) bond motifs is 1. The Morgan fingerprint density at radius 2 is 2.23 bits per heavy atom. The normalized spacial score (nSPS) is 17.0. The molecule has 116 valence electrons. The SMILES string of the molecule is COCc1cc(CNC(=O)[C@@H]2CCc3ccccc3C2)[nH]n1. The average Bonchev–Trinajstić information content (AvgIpc) is 3.00. The molecule has 0 unspecified atom stereocenters. The predicted molar refractivity (Wildman–Crippen MR) is 83.1 cm³/mol. The minimum atomic E-state index is 0.0660. The zero-order chi connectivity index (χ0) is 15.4. The second-order valence-electron chi connectivity index (χ2n) is 5.74. The van der Waals surface area contributed by atoms with Crippen LogP contribution in [0.3, 0.4) is 0 Å². The lowest BCUT2D eigenvalue weighted by atomic mass is 9.83. The number of nitrogens with zero attached hydrogens (tertiary/aromatic N) is 1. The van der Waals surface area contributed by atoms with Crippen LogP contribution in [-0.4, -0.2) is 23.2 Å². The Morgan fingerprint density at radius 3 is 3.05 bits per heavy atom. The highest BCUT2D eigenvalue weighted by Crippen LogP contribution is 2.25. The molecular formula is C17H21N3O2. The van der Waals surface area contributed by atoms with Gasteiger partial charge in [0, 0.05) is 13.0 Å². The Kier molecular flexibility index (Phi) is 4.53. The fourth-order valence-electron chi connectivity index (χ4n) is 2.97. The van der Waals surface area contributed by atoms with E-state index >= 15 is 0 Å². The number of aromatic nitrogens is 2. The molecule has 1 amide bonds. The highest BCUT2D eigenvalue weighted by molar-refractivity contribution is 5.79. The monoisotopic (exact) mass is 299 g/mol. The summed E-state index contributed by atoms with van der Waals surface area (Å²) in [6.45, 7) is 0.956. The summed E-state index contributed by atoms with van der Waals surface area (Å²) in [5.41, 5.74) is 4.43. The van der Waals surface area contributed by atoms with Crippen molar-refractivity contribution in [2.24, 2.45) is 5.92 Å². The van der Waals surface area contributed by atoms with Crippen molar-refractivity contribution in [3.63, 3.8) is 0 Å². The number of benzene rings is 1. The molecule has 0 fully saturated rings. The number of rotatable bonds is 5. The van der Waals surface area contributed by atoms with Gasteiger partial charge in [0.05, 0.1) is 24.5 Å². The van der Waals surface area contributed by atoms with Gasteiger partial charge in [-0.2, -0.15) is 5.10 Å². The summed E-state index contributed by atoms with van der Waals surface area (Å²) < 4.78 is 5.03. The molecule has 3 rings (SSSR count). The summed E-state index contributed by atoms with van der Waals surface area (Å²) in [7, 11) is 1.64. The van der Waals surface area contributed by atoms with E-state index in [-0.39, 0.29) is 11.8 Å². The van der Waals surface area contributed by atoms with Crippen LogP contribution in [0.2, 0.25) is 0 Å². The van der Waals surface area contributed by atoms with Gasteiger partial charge in [0.15, 0.2) is 0 Å². The number of carbonyl (C=O) groups is 1. The molecule has 5 heteroatoms. The van der Waals surface area contributed by atoms with Crippen molar-refractivity contribution in [3.8, 4) is 0 Å². The molecule has 2 N–H and O–H groups in total. The van der Waals surface area contributed by atoms with E-state index in [2.05, 4.69) is 33.7 Å². The Morgan fingerprint density at radius 1 is 1.41 bits per heavy atom. The number of ether oxygens (including phenoxy) is 1. The van der Waals surface area contributed by atoms with E-state index in [4.69, 9.17) is 4.74 Å². The van der Waals surface area contributed by atoms with Crippen molar-refractivity contribution in [1.82, 2.24) is 15.5 Å². The van der Waals surface area contributed by atoms with Crippen LogP contribution in [0.25, 0.3) is 0 Å². The first kappa shape index (κ1) is 14.8. The van der Waals surface area contributed by atoms with Crippen LogP contribution < -0.4 is 5.32 Å². The summed E-state index contributed by atoms with van der Waals surface area (Å²) in [6, 6.07) is 10.3. The number of H-pyrrole nitrogens is 1. The lowest BCUT2D eigenvalue weighted by Gasteiger charge is -2.23. The maximum atomic E-state index is 12.3. The van der Waals surface area contributed by atoms with Crippen LogP contribution in [0.5, 0.6) is 0 Å². The van der Waals surface area contributed by atoms with Gasteiger partial charge in [-0.3, -0.25) is 9.89 Å². The van der Waals surface area contributed by atoms with Gasteiger partial charge in [-0.05, 0) is 36.5 Å². The molecule has 0 bridgehead atoms. The molecule has 1 aromatic heterocycles. The van der Waals surface area contributed by atoms with E-state index in [9.17, 15) is 4.79 Å². The summed E-state index contributed by atoms with van der Waals surface area (Å²) in [5, 5.41) is 10.0. The number of carbonyl (C=O) groups excluding carboxylic acids is 1. The first-order valence-electron chi connectivity index (χ1n) is 7.63. The molecule has 0 saturated carbocycles. The van der Waals surface area contributed by atoms with Crippen LogP contribution in [-0.2, 0) is 35.5 Å². The van der Waals surface area contributed by atoms with Crippen LogP contribution in [0.1, 0.15) is 28.9 Å². The number of aryl methyl sites for hydroxylation is 1. The van der Waals surface area contributed by atoms with Crippen molar-refractivity contribution in [3.05, 3.63) is 52.8 Å². The fourth-order valence-corrected chi connectivity index (χ4v) is 2.97. The highest BCUT2D eigenvalue weighted by atomic mass is 16.5. The van der Waals surface area contributed by atoms with Gasteiger partial charge in [0.2, 0.25) is 5.91 Å². The van der Waals surface area contributed by atoms with Gasteiger partial charge in [-0.15, -0.1) is 0 Å². The minimum Gasteiger partial charge on any atom is -0.378 e. The highest BCUT2D eigenvalue weighted by Gasteiger charge is 2.24. The first-order valence-corrected chi connectivity index (χ1v) is 7.63. The fraction of sp³-hybridized carbons (Fsp3) is 0.412.